The number of ether oxygens (including phenoxy) is 1. The van der Waals surface area contributed by atoms with Gasteiger partial charge in [0.25, 0.3) is 0 Å². The first-order chi connectivity index (χ1) is 14.2. The molecular formula is C27H22O2. The van der Waals surface area contributed by atoms with Gasteiger partial charge in [-0.05, 0) is 39.9 Å². The second-order valence-corrected chi connectivity index (χ2v) is 7.77. The van der Waals surface area contributed by atoms with Crippen LogP contribution in [0.15, 0.2) is 103 Å². The van der Waals surface area contributed by atoms with Crippen molar-refractivity contribution in [3.05, 3.63) is 120 Å². The molecule has 1 aliphatic carbocycles. The number of carbonyl (C=O) groups excluding carboxylic acids is 1. The zero-order valence-corrected chi connectivity index (χ0v) is 16.3. The molecule has 0 spiro atoms. The predicted octanol–water partition coefficient (Wildman–Crippen LogP) is 5.64. The van der Waals surface area contributed by atoms with E-state index in [2.05, 4.69) is 54.6 Å². The van der Waals surface area contributed by atoms with E-state index in [1.54, 1.807) is 0 Å². The Hall–Kier alpha value is -3.39. The molecule has 5 rings (SSSR count). The van der Waals surface area contributed by atoms with Crippen LogP contribution in [-0.4, -0.2) is 13.1 Å². The van der Waals surface area contributed by atoms with Crippen LogP contribution < -0.4 is 0 Å². The predicted molar refractivity (Wildman–Crippen MR) is 116 cm³/mol. The lowest BCUT2D eigenvalue weighted by Gasteiger charge is -2.26. The molecule has 2 nitrogen and oxygen atoms in total. The highest BCUT2D eigenvalue weighted by Crippen LogP contribution is 2.69. The third-order valence-electron chi connectivity index (χ3n) is 6.44. The fourth-order valence-corrected chi connectivity index (χ4v) is 5.00. The minimum Gasteiger partial charge on any atom is -0.468 e. The Morgan fingerprint density at radius 1 is 0.690 bits per heavy atom. The lowest BCUT2D eigenvalue weighted by molar-refractivity contribution is -0.144. The summed E-state index contributed by atoms with van der Waals surface area (Å²) in [5, 5.41) is 2.30. The molecule has 1 fully saturated rings. The van der Waals surface area contributed by atoms with Crippen LogP contribution in [0.3, 0.4) is 0 Å². The first-order valence-corrected chi connectivity index (χ1v) is 9.91. The second kappa shape index (κ2) is 6.59. The number of methoxy groups -OCH3 is 1. The van der Waals surface area contributed by atoms with Crippen molar-refractivity contribution in [2.24, 2.45) is 0 Å². The maximum Gasteiger partial charge on any atom is 0.317 e. The first-order valence-electron chi connectivity index (χ1n) is 9.91. The Labute approximate surface area is 170 Å². The molecule has 0 heterocycles. The van der Waals surface area contributed by atoms with Crippen LogP contribution in [0.2, 0.25) is 0 Å². The van der Waals surface area contributed by atoms with Gasteiger partial charge >= 0.3 is 5.97 Å². The lowest BCUT2D eigenvalue weighted by Crippen LogP contribution is -2.32. The molecule has 0 saturated heterocycles. The molecule has 0 aliphatic heterocycles. The number of carbonyl (C=O) groups is 1. The van der Waals surface area contributed by atoms with E-state index in [-0.39, 0.29) is 5.97 Å². The van der Waals surface area contributed by atoms with E-state index in [0.29, 0.717) is 6.42 Å². The average Bonchev–Trinajstić information content (AvgIpc) is 3.52. The van der Waals surface area contributed by atoms with Gasteiger partial charge < -0.3 is 4.74 Å². The molecule has 29 heavy (non-hydrogen) atoms. The van der Waals surface area contributed by atoms with E-state index in [4.69, 9.17) is 4.74 Å². The number of benzene rings is 4. The Kier molecular flexibility index (Phi) is 4.02. The molecule has 1 aliphatic rings. The third-order valence-corrected chi connectivity index (χ3v) is 6.44. The minimum atomic E-state index is -0.742. The van der Waals surface area contributed by atoms with Crippen LogP contribution >= 0.6 is 0 Å². The van der Waals surface area contributed by atoms with Crippen LogP contribution in [0.25, 0.3) is 10.8 Å². The van der Waals surface area contributed by atoms with Crippen molar-refractivity contribution in [2.45, 2.75) is 17.3 Å². The summed E-state index contributed by atoms with van der Waals surface area (Å²) in [5.41, 5.74) is 2.12. The molecule has 2 heteroatoms. The highest BCUT2D eigenvalue weighted by molar-refractivity contribution is 5.95. The molecule has 142 valence electrons. The van der Waals surface area contributed by atoms with Gasteiger partial charge in [0, 0.05) is 5.41 Å². The maximum absolute atomic E-state index is 13.4. The molecule has 1 saturated carbocycles. The van der Waals surface area contributed by atoms with Crippen molar-refractivity contribution < 1.29 is 9.53 Å². The summed E-state index contributed by atoms with van der Waals surface area (Å²) in [5.74, 6) is -0.180. The average molecular weight is 378 g/mol. The van der Waals surface area contributed by atoms with Gasteiger partial charge in [-0.3, -0.25) is 4.79 Å². The monoisotopic (exact) mass is 378 g/mol. The Morgan fingerprint density at radius 3 is 1.83 bits per heavy atom. The fraction of sp³-hybridized carbons (Fsp3) is 0.148. The van der Waals surface area contributed by atoms with Crippen LogP contribution in [0.1, 0.15) is 23.1 Å². The summed E-state index contributed by atoms with van der Waals surface area (Å²) in [7, 11) is 1.49. The normalized spacial score (nSPS) is 19.6. The molecule has 0 unspecified atom stereocenters. The molecule has 0 radical (unpaired) electrons. The standard InChI is InChI=1S/C27H22O2/c1-29-25(28)27(24-17-16-20-10-8-9-11-21(20)18-24)19-26(27,22-12-4-2-5-13-22)23-14-6-3-7-15-23/h2-18H,19H2,1H3/t27-/m0/s1. The fourth-order valence-electron chi connectivity index (χ4n) is 5.00. The van der Waals surface area contributed by atoms with Gasteiger partial charge in [-0.15, -0.1) is 0 Å². The van der Waals surface area contributed by atoms with E-state index < -0.39 is 10.8 Å². The first kappa shape index (κ1) is 17.7. The number of fused-ring (bicyclic) bond motifs is 1. The van der Waals surface area contributed by atoms with Gasteiger partial charge in [0.2, 0.25) is 0 Å². The maximum atomic E-state index is 13.4. The Morgan fingerprint density at radius 2 is 1.24 bits per heavy atom. The minimum absolute atomic E-state index is 0.180. The zero-order valence-electron chi connectivity index (χ0n) is 16.3. The Bertz CT molecular complexity index is 1140. The smallest absolute Gasteiger partial charge is 0.317 e. The summed E-state index contributed by atoms with van der Waals surface area (Å²) in [6.45, 7) is 0. The summed E-state index contributed by atoms with van der Waals surface area (Å²) in [6, 6.07) is 35.3. The van der Waals surface area contributed by atoms with E-state index in [1.165, 1.54) is 12.5 Å². The summed E-state index contributed by atoms with van der Waals surface area (Å²) >= 11 is 0. The van der Waals surface area contributed by atoms with Crippen molar-refractivity contribution in [1.82, 2.24) is 0 Å². The van der Waals surface area contributed by atoms with Gasteiger partial charge in [0.1, 0.15) is 5.41 Å². The molecular weight excluding hydrogens is 356 g/mol. The number of hydrogen-bond acceptors (Lipinski definition) is 2. The number of esters is 1. The van der Waals surface area contributed by atoms with Crippen molar-refractivity contribution >= 4 is 16.7 Å². The largest absolute Gasteiger partial charge is 0.468 e. The van der Waals surface area contributed by atoms with Crippen LogP contribution in [0.4, 0.5) is 0 Å². The summed E-state index contributed by atoms with van der Waals surface area (Å²) in [6.07, 6.45) is 0.693. The topological polar surface area (TPSA) is 26.3 Å². The van der Waals surface area contributed by atoms with E-state index in [9.17, 15) is 4.79 Å². The highest BCUT2D eigenvalue weighted by atomic mass is 16.5. The summed E-state index contributed by atoms with van der Waals surface area (Å²) in [4.78, 5) is 13.4. The van der Waals surface area contributed by atoms with Gasteiger partial charge in [0.15, 0.2) is 0 Å². The second-order valence-electron chi connectivity index (χ2n) is 7.77. The molecule has 0 bridgehead atoms. The molecule has 4 aromatic rings. The van der Waals surface area contributed by atoms with Crippen LogP contribution in [0.5, 0.6) is 0 Å². The summed E-state index contributed by atoms with van der Waals surface area (Å²) < 4.78 is 5.40. The van der Waals surface area contributed by atoms with E-state index >= 15 is 0 Å². The zero-order chi connectivity index (χ0) is 19.9. The van der Waals surface area contributed by atoms with Crippen molar-refractivity contribution in [3.8, 4) is 0 Å². The number of hydrogen-bond donors (Lipinski definition) is 0. The van der Waals surface area contributed by atoms with Gasteiger partial charge in [-0.2, -0.15) is 0 Å². The van der Waals surface area contributed by atoms with Crippen molar-refractivity contribution in [3.63, 3.8) is 0 Å². The lowest BCUT2D eigenvalue weighted by atomic mass is 9.76. The van der Waals surface area contributed by atoms with E-state index in [1.807, 2.05) is 48.5 Å². The van der Waals surface area contributed by atoms with Crippen molar-refractivity contribution in [2.75, 3.05) is 7.11 Å². The third kappa shape index (κ3) is 2.45. The molecule has 0 N–H and O–H groups in total. The van der Waals surface area contributed by atoms with Crippen LogP contribution in [0, 0.1) is 0 Å². The Balaban J connectivity index is 1.78. The van der Waals surface area contributed by atoms with Crippen LogP contribution in [-0.2, 0) is 20.4 Å². The molecule has 0 amide bonds. The molecule has 0 aromatic heterocycles. The van der Waals surface area contributed by atoms with E-state index in [0.717, 1.165) is 22.1 Å². The molecule has 4 aromatic carbocycles. The highest BCUT2D eigenvalue weighted by Gasteiger charge is 2.74. The molecule has 1 atom stereocenters. The van der Waals surface area contributed by atoms with Gasteiger partial charge in [-0.1, -0.05) is 97.1 Å². The quantitative estimate of drug-likeness (QED) is 0.430. The van der Waals surface area contributed by atoms with Gasteiger partial charge in [0.05, 0.1) is 7.11 Å². The van der Waals surface area contributed by atoms with Crippen molar-refractivity contribution in [1.29, 1.82) is 0 Å². The SMILES string of the molecule is COC(=O)[C@@]1(c2ccc3ccccc3c2)CC1(c1ccccc1)c1ccccc1. The number of rotatable bonds is 4. The van der Waals surface area contributed by atoms with Gasteiger partial charge in [-0.25, -0.2) is 0 Å².